The Hall–Kier alpha value is -2.36. The summed E-state index contributed by atoms with van der Waals surface area (Å²) in [6, 6.07) is 14.0. The van der Waals surface area contributed by atoms with Gasteiger partial charge in [0.15, 0.2) is 0 Å². The van der Waals surface area contributed by atoms with E-state index in [1.165, 1.54) is 0 Å². The van der Waals surface area contributed by atoms with Crippen LogP contribution in [0.1, 0.15) is 5.56 Å². The second-order valence-electron chi connectivity index (χ2n) is 4.40. The van der Waals surface area contributed by atoms with E-state index in [0.29, 0.717) is 6.61 Å². The highest BCUT2D eigenvalue weighted by atomic mass is 16.5. The van der Waals surface area contributed by atoms with Crippen molar-refractivity contribution in [1.82, 2.24) is 0 Å². The van der Waals surface area contributed by atoms with Crippen LogP contribution < -0.4 is 20.7 Å². The molecule has 2 aromatic carbocycles. The van der Waals surface area contributed by atoms with E-state index in [1.54, 1.807) is 0 Å². The van der Waals surface area contributed by atoms with Gasteiger partial charge in [0.2, 0.25) is 0 Å². The molecule has 0 aliphatic rings. The Morgan fingerprint density at radius 1 is 0.850 bits per heavy atom. The van der Waals surface area contributed by atoms with Crippen LogP contribution >= 0.6 is 0 Å². The van der Waals surface area contributed by atoms with Gasteiger partial charge in [-0.05, 0) is 24.3 Å². The molecule has 0 bridgehead atoms. The van der Waals surface area contributed by atoms with Crippen LogP contribution in [0.5, 0.6) is 5.75 Å². The Morgan fingerprint density at radius 2 is 1.45 bits per heavy atom. The second-order valence-corrected chi connectivity index (χ2v) is 4.40. The zero-order chi connectivity index (χ0) is 14.4. The molecule has 20 heavy (non-hydrogen) atoms. The third kappa shape index (κ3) is 3.15. The molecule has 3 N–H and O–H groups in total. The maximum Gasteiger partial charge on any atom is 0.119 e. The van der Waals surface area contributed by atoms with Crippen LogP contribution in [0, 0.1) is 0 Å². The number of benzene rings is 2. The number of ether oxygens (including phenoxy) is 1. The molecule has 2 aromatic rings. The largest absolute Gasteiger partial charge is 0.489 e. The molecule has 0 heterocycles. The van der Waals surface area contributed by atoms with Crippen LogP contribution in [-0.4, -0.2) is 21.1 Å². The smallest absolute Gasteiger partial charge is 0.119 e. The van der Waals surface area contributed by atoms with Gasteiger partial charge in [0, 0.05) is 43.8 Å². The molecular weight excluding hydrogens is 250 g/mol. The maximum atomic E-state index is 5.85. The second kappa shape index (κ2) is 6.70. The van der Waals surface area contributed by atoms with Crippen molar-refractivity contribution in [3.63, 3.8) is 0 Å². The van der Waals surface area contributed by atoms with Gasteiger partial charge in [-0.25, -0.2) is 0 Å². The molecule has 0 saturated heterocycles. The first-order valence-electron chi connectivity index (χ1n) is 6.66. The third-order valence-electron chi connectivity index (χ3n) is 3.20. The first-order chi connectivity index (χ1) is 9.78. The van der Waals surface area contributed by atoms with Gasteiger partial charge in [-0.2, -0.15) is 0 Å². The van der Waals surface area contributed by atoms with E-state index >= 15 is 0 Å². The van der Waals surface area contributed by atoms with Gasteiger partial charge in [0.1, 0.15) is 12.4 Å². The number of hydrogen-bond donors (Lipinski definition) is 3. The number of hydrogen-bond acceptors (Lipinski definition) is 4. The highest BCUT2D eigenvalue weighted by molar-refractivity contribution is 5.73. The van der Waals surface area contributed by atoms with Gasteiger partial charge in [-0.3, -0.25) is 0 Å². The predicted octanol–water partition coefficient (Wildman–Crippen LogP) is 3.39. The quantitative estimate of drug-likeness (QED) is 0.753. The average molecular weight is 271 g/mol. The van der Waals surface area contributed by atoms with Crippen molar-refractivity contribution in [2.75, 3.05) is 37.1 Å². The molecular formula is C16H21N3O. The van der Waals surface area contributed by atoms with Crippen LogP contribution in [0.3, 0.4) is 0 Å². The molecule has 0 aliphatic heterocycles. The van der Waals surface area contributed by atoms with Crippen LogP contribution in [0.4, 0.5) is 17.1 Å². The summed E-state index contributed by atoms with van der Waals surface area (Å²) in [6.45, 7) is 0.514. The summed E-state index contributed by atoms with van der Waals surface area (Å²) < 4.78 is 5.85. The maximum absolute atomic E-state index is 5.85. The van der Waals surface area contributed by atoms with E-state index in [-0.39, 0.29) is 0 Å². The van der Waals surface area contributed by atoms with E-state index in [0.717, 1.165) is 28.4 Å². The molecule has 0 atom stereocenters. The van der Waals surface area contributed by atoms with Crippen molar-refractivity contribution in [1.29, 1.82) is 0 Å². The van der Waals surface area contributed by atoms with Crippen LogP contribution in [0.2, 0.25) is 0 Å². The van der Waals surface area contributed by atoms with E-state index < -0.39 is 0 Å². The van der Waals surface area contributed by atoms with Gasteiger partial charge < -0.3 is 20.7 Å². The lowest BCUT2D eigenvalue weighted by atomic mass is 10.1. The van der Waals surface area contributed by atoms with E-state index in [2.05, 4.69) is 28.1 Å². The van der Waals surface area contributed by atoms with E-state index in [1.807, 2.05) is 51.5 Å². The third-order valence-corrected chi connectivity index (χ3v) is 3.20. The molecule has 0 aromatic heterocycles. The van der Waals surface area contributed by atoms with Crippen LogP contribution in [0.25, 0.3) is 0 Å². The predicted molar refractivity (Wildman–Crippen MR) is 85.9 cm³/mol. The highest BCUT2D eigenvalue weighted by Crippen LogP contribution is 2.30. The molecule has 2 rings (SSSR count). The Morgan fingerprint density at radius 3 is 1.95 bits per heavy atom. The standard InChI is InChI=1S/C16H21N3O/c1-17-12-9-15(18-2)14(16(10-12)19-3)11-20-13-7-5-4-6-8-13/h4-10,17-19H,11H2,1-3H3. The van der Waals surface area contributed by atoms with Crippen molar-refractivity contribution in [2.45, 2.75) is 6.61 Å². The number of para-hydroxylation sites is 1. The molecule has 106 valence electrons. The number of anilines is 3. The Labute approximate surface area is 120 Å². The molecule has 0 unspecified atom stereocenters. The average Bonchev–Trinajstić information content (AvgIpc) is 2.52. The minimum Gasteiger partial charge on any atom is -0.489 e. The number of rotatable bonds is 6. The Kier molecular flexibility index (Phi) is 4.71. The first-order valence-corrected chi connectivity index (χ1v) is 6.66. The zero-order valence-corrected chi connectivity index (χ0v) is 12.2. The van der Waals surface area contributed by atoms with Crippen molar-refractivity contribution in [3.8, 4) is 5.75 Å². The van der Waals surface area contributed by atoms with Crippen molar-refractivity contribution >= 4 is 17.1 Å². The molecule has 4 heteroatoms. The summed E-state index contributed by atoms with van der Waals surface area (Å²) in [5, 5.41) is 9.60. The van der Waals surface area contributed by atoms with Crippen molar-refractivity contribution in [3.05, 3.63) is 48.0 Å². The lowest BCUT2D eigenvalue weighted by molar-refractivity contribution is 0.307. The fraction of sp³-hybridized carbons (Fsp3) is 0.250. The minimum absolute atomic E-state index is 0.514. The summed E-state index contributed by atoms with van der Waals surface area (Å²) >= 11 is 0. The summed E-state index contributed by atoms with van der Waals surface area (Å²) in [5.74, 6) is 0.870. The Balaban J connectivity index is 2.25. The fourth-order valence-electron chi connectivity index (χ4n) is 2.09. The van der Waals surface area contributed by atoms with Crippen molar-refractivity contribution in [2.24, 2.45) is 0 Å². The molecule has 0 saturated carbocycles. The SMILES string of the molecule is CNc1cc(NC)c(COc2ccccc2)c(NC)c1. The molecule has 0 radical (unpaired) electrons. The lowest BCUT2D eigenvalue weighted by Gasteiger charge is -2.17. The molecule has 4 nitrogen and oxygen atoms in total. The summed E-state index contributed by atoms with van der Waals surface area (Å²) in [5.41, 5.74) is 4.27. The lowest BCUT2D eigenvalue weighted by Crippen LogP contribution is -2.06. The monoisotopic (exact) mass is 271 g/mol. The zero-order valence-electron chi connectivity index (χ0n) is 12.2. The molecule has 0 spiro atoms. The Bertz CT molecular complexity index is 530. The highest BCUT2D eigenvalue weighted by Gasteiger charge is 2.10. The molecule has 0 aliphatic carbocycles. The number of nitrogens with one attached hydrogen (secondary N) is 3. The summed E-state index contributed by atoms with van der Waals surface area (Å²) in [4.78, 5) is 0. The van der Waals surface area contributed by atoms with Gasteiger partial charge in [0.05, 0.1) is 0 Å². The molecule has 0 amide bonds. The first kappa shape index (κ1) is 14.1. The van der Waals surface area contributed by atoms with E-state index in [9.17, 15) is 0 Å². The van der Waals surface area contributed by atoms with Crippen LogP contribution in [-0.2, 0) is 6.61 Å². The van der Waals surface area contributed by atoms with Crippen LogP contribution in [0.15, 0.2) is 42.5 Å². The summed E-state index contributed by atoms with van der Waals surface area (Å²) in [7, 11) is 5.74. The fourth-order valence-corrected chi connectivity index (χ4v) is 2.09. The topological polar surface area (TPSA) is 45.3 Å². The van der Waals surface area contributed by atoms with Gasteiger partial charge in [0.25, 0.3) is 0 Å². The summed E-state index contributed by atoms with van der Waals surface area (Å²) in [6.07, 6.45) is 0. The van der Waals surface area contributed by atoms with Gasteiger partial charge in [-0.15, -0.1) is 0 Å². The normalized spacial score (nSPS) is 9.95. The van der Waals surface area contributed by atoms with E-state index in [4.69, 9.17) is 4.74 Å². The van der Waals surface area contributed by atoms with Gasteiger partial charge >= 0.3 is 0 Å². The van der Waals surface area contributed by atoms with Gasteiger partial charge in [-0.1, -0.05) is 18.2 Å². The van der Waals surface area contributed by atoms with Crippen molar-refractivity contribution < 1.29 is 4.74 Å². The minimum atomic E-state index is 0.514. The molecule has 0 fully saturated rings.